The number of alkyl halides is 3. The molecule has 3 N–H and O–H groups in total. The summed E-state index contributed by atoms with van der Waals surface area (Å²) in [6.45, 7) is 0. The SMILES string of the molecule is O=C(N[C@H]1CCc2c(O)cccc21)c1ccc(C(F)(F)F)[nH]c1=O. The van der Waals surface area contributed by atoms with Crippen LogP contribution in [0.1, 0.15) is 39.6 Å². The molecule has 0 fully saturated rings. The van der Waals surface area contributed by atoms with Crippen molar-refractivity contribution in [1.29, 1.82) is 0 Å². The van der Waals surface area contributed by atoms with E-state index in [2.05, 4.69) is 5.32 Å². The maximum atomic E-state index is 12.5. The van der Waals surface area contributed by atoms with E-state index >= 15 is 0 Å². The summed E-state index contributed by atoms with van der Waals surface area (Å²) in [4.78, 5) is 25.6. The van der Waals surface area contributed by atoms with Gasteiger partial charge in [0.2, 0.25) is 0 Å². The summed E-state index contributed by atoms with van der Waals surface area (Å²) in [5.74, 6) is -0.622. The quantitative estimate of drug-likeness (QED) is 0.787. The van der Waals surface area contributed by atoms with E-state index < -0.39 is 34.9 Å². The predicted molar refractivity (Wildman–Crippen MR) is 78.7 cm³/mol. The molecule has 24 heavy (non-hydrogen) atoms. The van der Waals surface area contributed by atoms with Crippen LogP contribution in [0.4, 0.5) is 13.2 Å². The maximum absolute atomic E-state index is 12.5. The monoisotopic (exact) mass is 338 g/mol. The van der Waals surface area contributed by atoms with Gasteiger partial charge in [-0.05, 0) is 42.2 Å². The summed E-state index contributed by atoms with van der Waals surface area (Å²) in [5.41, 5.74) is -1.23. The summed E-state index contributed by atoms with van der Waals surface area (Å²) in [6.07, 6.45) is -3.58. The number of carbonyl (C=O) groups is 1. The largest absolute Gasteiger partial charge is 0.508 e. The highest BCUT2D eigenvalue weighted by molar-refractivity contribution is 5.94. The lowest BCUT2D eigenvalue weighted by Gasteiger charge is -2.14. The Hall–Kier alpha value is -2.77. The summed E-state index contributed by atoms with van der Waals surface area (Å²) in [7, 11) is 0. The van der Waals surface area contributed by atoms with E-state index in [4.69, 9.17) is 0 Å². The standard InChI is InChI=1S/C16H13F3N2O3/c17-16(18,19)13-7-5-10(15(24)21-13)14(23)20-11-6-4-9-8(11)2-1-3-12(9)22/h1-3,5,7,11,22H,4,6H2,(H,20,23)(H,21,24)/t11-/m0/s1. The Labute approximate surface area is 134 Å². The van der Waals surface area contributed by atoms with Crippen molar-refractivity contribution in [2.24, 2.45) is 0 Å². The minimum atomic E-state index is -4.68. The van der Waals surface area contributed by atoms with E-state index in [0.29, 0.717) is 18.9 Å². The fourth-order valence-electron chi connectivity index (χ4n) is 2.84. The van der Waals surface area contributed by atoms with E-state index in [0.717, 1.165) is 17.2 Å². The molecule has 126 valence electrons. The highest BCUT2D eigenvalue weighted by Gasteiger charge is 2.33. The second kappa shape index (κ2) is 5.70. The molecule has 0 saturated heterocycles. The Balaban J connectivity index is 1.83. The molecule has 2 aromatic rings. The van der Waals surface area contributed by atoms with Gasteiger partial charge < -0.3 is 15.4 Å². The van der Waals surface area contributed by atoms with Gasteiger partial charge in [0.05, 0.1) is 6.04 Å². The van der Waals surface area contributed by atoms with Crippen LogP contribution in [-0.2, 0) is 12.6 Å². The smallest absolute Gasteiger partial charge is 0.431 e. The molecule has 1 heterocycles. The lowest BCUT2D eigenvalue weighted by Crippen LogP contribution is -2.32. The van der Waals surface area contributed by atoms with E-state index in [-0.39, 0.29) is 5.75 Å². The molecule has 0 saturated carbocycles. The highest BCUT2D eigenvalue weighted by atomic mass is 19.4. The lowest BCUT2D eigenvalue weighted by atomic mass is 10.1. The van der Waals surface area contributed by atoms with Crippen molar-refractivity contribution in [2.45, 2.75) is 25.1 Å². The Kier molecular flexibility index (Phi) is 3.82. The molecule has 0 radical (unpaired) electrons. The van der Waals surface area contributed by atoms with Crippen LogP contribution in [-0.4, -0.2) is 16.0 Å². The molecule has 1 amide bonds. The van der Waals surface area contributed by atoms with Crippen molar-refractivity contribution in [1.82, 2.24) is 10.3 Å². The number of aromatic nitrogens is 1. The number of phenols is 1. The third-order valence-corrected chi connectivity index (χ3v) is 4.01. The zero-order chi connectivity index (χ0) is 17.5. The molecule has 0 spiro atoms. The summed E-state index contributed by atoms with van der Waals surface area (Å²) < 4.78 is 37.6. The van der Waals surface area contributed by atoms with E-state index in [1.165, 1.54) is 0 Å². The molecule has 5 nitrogen and oxygen atoms in total. The van der Waals surface area contributed by atoms with Crippen LogP contribution in [0, 0.1) is 0 Å². The zero-order valence-electron chi connectivity index (χ0n) is 12.3. The van der Waals surface area contributed by atoms with Crippen LogP contribution in [0.2, 0.25) is 0 Å². The number of H-pyrrole nitrogens is 1. The first-order valence-electron chi connectivity index (χ1n) is 7.19. The van der Waals surface area contributed by atoms with Crippen molar-refractivity contribution < 1.29 is 23.1 Å². The molecule has 0 aliphatic heterocycles. The average molecular weight is 338 g/mol. The third-order valence-electron chi connectivity index (χ3n) is 4.01. The number of halogens is 3. The molecule has 1 aromatic carbocycles. The molecule has 1 aliphatic rings. The molecule has 0 unspecified atom stereocenters. The summed E-state index contributed by atoms with van der Waals surface area (Å²) in [6, 6.07) is 6.05. The van der Waals surface area contributed by atoms with Gasteiger partial charge >= 0.3 is 6.18 Å². The Morgan fingerprint density at radius 3 is 2.67 bits per heavy atom. The van der Waals surface area contributed by atoms with Crippen molar-refractivity contribution >= 4 is 5.91 Å². The van der Waals surface area contributed by atoms with Crippen molar-refractivity contribution in [3.63, 3.8) is 0 Å². The highest BCUT2D eigenvalue weighted by Crippen LogP contribution is 2.36. The van der Waals surface area contributed by atoms with Gasteiger partial charge in [0.1, 0.15) is 17.0 Å². The van der Waals surface area contributed by atoms with Gasteiger partial charge in [-0.1, -0.05) is 12.1 Å². The molecule has 1 atom stereocenters. The molecular formula is C16H13F3N2O3. The Bertz CT molecular complexity index is 858. The minimum absolute atomic E-state index is 0.136. The second-order valence-electron chi connectivity index (χ2n) is 5.52. The second-order valence-corrected chi connectivity index (χ2v) is 5.52. The molecule has 1 aromatic heterocycles. The summed E-state index contributed by atoms with van der Waals surface area (Å²) >= 11 is 0. The van der Waals surface area contributed by atoms with E-state index in [1.807, 2.05) is 0 Å². The fourth-order valence-corrected chi connectivity index (χ4v) is 2.84. The van der Waals surface area contributed by atoms with Crippen LogP contribution >= 0.6 is 0 Å². The van der Waals surface area contributed by atoms with Crippen molar-refractivity contribution in [3.8, 4) is 5.75 Å². The number of pyridine rings is 1. The molecule has 0 bridgehead atoms. The van der Waals surface area contributed by atoms with Gasteiger partial charge in [0.15, 0.2) is 0 Å². The van der Waals surface area contributed by atoms with Crippen molar-refractivity contribution in [3.05, 3.63) is 63.1 Å². The minimum Gasteiger partial charge on any atom is -0.508 e. The van der Waals surface area contributed by atoms with Gasteiger partial charge in [0, 0.05) is 0 Å². The lowest BCUT2D eigenvalue weighted by molar-refractivity contribution is -0.141. The number of hydrogen-bond acceptors (Lipinski definition) is 3. The zero-order valence-corrected chi connectivity index (χ0v) is 12.3. The van der Waals surface area contributed by atoms with E-state index in [9.17, 15) is 27.9 Å². The normalized spacial score (nSPS) is 16.7. The van der Waals surface area contributed by atoms with Crippen molar-refractivity contribution in [2.75, 3.05) is 0 Å². The maximum Gasteiger partial charge on any atom is 0.431 e. The van der Waals surface area contributed by atoms with Crippen LogP contribution < -0.4 is 10.9 Å². The first kappa shape index (κ1) is 16.1. The van der Waals surface area contributed by atoms with Crippen LogP contribution in [0.3, 0.4) is 0 Å². The number of rotatable bonds is 2. The first-order chi connectivity index (χ1) is 11.3. The number of fused-ring (bicyclic) bond motifs is 1. The van der Waals surface area contributed by atoms with Crippen LogP contribution in [0.25, 0.3) is 0 Å². The number of benzene rings is 1. The van der Waals surface area contributed by atoms with Gasteiger partial charge in [-0.2, -0.15) is 13.2 Å². The number of aromatic hydroxyl groups is 1. The topological polar surface area (TPSA) is 82.2 Å². The predicted octanol–water partition coefficient (Wildman–Crippen LogP) is 2.52. The van der Waals surface area contributed by atoms with Crippen LogP contribution in [0.15, 0.2) is 35.1 Å². The van der Waals surface area contributed by atoms with Gasteiger partial charge in [0.25, 0.3) is 11.5 Å². The van der Waals surface area contributed by atoms with Gasteiger partial charge in [-0.25, -0.2) is 0 Å². The Morgan fingerprint density at radius 2 is 2.00 bits per heavy atom. The number of hydrogen-bond donors (Lipinski definition) is 3. The average Bonchev–Trinajstić information content (AvgIpc) is 2.90. The van der Waals surface area contributed by atoms with Gasteiger partial charge in [-0.3, -0.25) is 9.59 Å². The number of amides is 1. The molecular weight excluding hydrogens is 325 g/mol. The van der Waals surface area contributed by atoms with E-state index in [1.54, 1.807) is 23.2 Å². The fraction of sp³-hybridized carbons (Fsp3) is 0.250. The van der Waals surface area contributed by atoms with Gasteiger partial charge in [-0.15, -0.1) is 0 Å². The summed E-state index contributed by atoms with van der Waals surface area (Å²) in [5, 5.41) is 12.4. The first-order valence-corrected chi connectivity index (χ1v) is 7.19. The molecule has 3 rings (SSSR count). The third kappa shape index (κ3) is 2.86. The number of carbonyl (C=O) groups excluding carboxylic acids is 1. The number of phenolic OH excluding ortho intramolecular Hbond substituents is 1. The molecule has 8 heteroatoms. The van der Waals surface area contributed by atoms with Crippen LogP contribution in [0.5, 0.6) is 5.75 Å². The molecule has 1 aliphatic carbocycles. The number of nitrogens with one attached hydrogen (secondary N) is 2. The number of aromatic amines is 1. The Morgan fingerprint density at radius 1 is 1.25 bits per heavy atom.